The van der Waals surface area contributed by atoms with Crippen molar-refractivity contribution in [3.63, 3.8) is 0 Å². The number of carbonyl (C=O) groups is 2. The lowest BCUT2D eigenvalue weighted by Crippen LogP contribution is -2.33. The Kier molecular flexibility index (Phi) is 6.38. The summed E-state index contributed by atoms with van der Waals surface area (Å²) in [6.45, 7) is 3.35. The van der Waals surface area contributed by atoms with Crippen molar-refractivity contribution in [3.05, 3.63) is 70.7 Å². The summed E-state index contributed by atoms with van der Waals surface area (Å²) in [7, 11) is 0. The molecule has 0 aliphatic rings. The zero-order valence-electron chi connectivity index (χ0n) is 13.8. The Bertz CT molecular complexity index is 704. The molecule has 0 saturated heterocycles. The summed E-state index contributed by atoms with van der Waals surface area (Å²) in [5.74, 6) is -0.301. The highest BCUT2D eigenvalue weighted by molar-refractivity contribution is 6.30. The van der Waals surface area contributed by atoms with Crippen LogP contribution in [0.5, 0.6) is 0 Å². The Hall–Kier alpha value is -2.33. The third-order valence-electron chi connectivity index (χ3n) is 3.70. The fraction of sp³-hybridized carbons (Fsp3) is 0.263. The van der Waals surface area contributed by atoms with Crippen LogP contribution in [0.3, 0.4) is 0 Å². The third-order valence-corrected chi connectivity index (χ3v) is 3.93. The van der Waals surface area contributed by atoms with Crippen LogP contribution in [0.1, 0.15) is 43.5 Å². The van der Waals surface area contributed by atoms with Gasteiger partial charge in [-0.2, -0.15) is 0 Å². The van der Waals surface area contributed by atoms with Crippen LogP contribution in [-0.4, -0.2) is 11.8 Å². The fourth-order valence-corrected chi connectivity index (χ4v) is 2.73. The van der Waals surface area contributed by atoms with Gasteiger partial charge in [0.2, 0.25) is 11.8 Å². The van der Waals surface area contributed by atoms with Crippen molar-refractivity contribution in [2.75, 3.05) is 0 Å². The average Bonchev–Trinajstić information content (AvgIpc) is 2.54. The molecule has 2 aromatic carbocycles. The normalized spacial score (nSPS) is 13.0. The second-order valence-electron chi connectivity index (χ2n) is 5.71. The molecule has 126 valence electrons. The van der Waals surface area contributed by atoms with Crippen LogP contribution in [0.25, 0.3) is 0 Å². The first kappa shape index (κ1) is 18.0. The zero-order valence-corrected chi connectivity index (χ0v) is 14.5. The van der Waals surface area contributed by atoms with E-state index in [1.807, 2.05) is 55.5 Å². The minimum Gasteiger partial charge on any atom is -0.350 e. The van der Waals surface area contributed by atoms with Crippen molar-refractivity contribution in [1.29, 1.82) is 0 Å². The van der Waals surface area contributed by atoms with Gasteiger partial charge in [0.1, 0.15) is 0 Å². The molecule has 0 radical (unpaired) electrons. The van der Waals surface area contributed by atoms with Crippen LogP contribution >= 0.6 is 11.6 Å². The predicted molar refractivity (Wildman–Crippen MR) is 95.6 cm³/mol. The Balaban J connectivity index is 2.03. The van der Waals surface area contributed by atoms with Crippen LogP contribution in [0.15, 0.2) is 54.6 Å². The van der Waals surface area contributed by atoms with Crippen LogP contribution in [-0.2, 0) is 9.59 Å². The number of carbonyl (C=O) groups excluding carboxylic acids is 2. The highest BCUT2D eigenvalue weighted by Gasteiger charge is 2.18. The quantitative estimate of drug-likeness (QED) is 0.837. The second kappa shape index (κ2) is 8.50. The van der Waals surface area contributed by atoms with E-state index in [-0.39, 0.29) is 30.3 Å². The van der Waals surface area contributed by atoms with E-state index in [1.54, 1.807) is 6.07 Å². The van der Waals surface area contributed by atoms with Gasteiger partial charge in [-0.3, -0.25) is 9.59 Å². The molecule has 0 aliphatic heterocycles. The number of hydrogen-bond acceptors (Lipinski definition) is 2. The first-order valence-corrected chi connectivity index (χ1v) is 8.20. The lowest BCUT2D eigenvalue weighted by atomic mass is 10.0. The van der Waals surface area contributed by atoms with Crippen molar-refractivity contribution in [1.82, 2.24) is 10.6 Å². The molecule has 2 rings (SSSR count). The standard InChI is InChI=1S/C19H21ClN2O2/c1-13(16-9-6-10-17(20)11-16)21-19(24)12-18(22-14(2)23)15-7-4-3-5-8-15/h3-11,13,18H,12H2,1-2H3,(H,21,24)(H,22,23)/t13-,18-/m0/s1. The van der Waals surface area contributed by atoms with E-state index in [4.69, 9.17) is 11.6 Å². The molecule has 2 aromatic rings. The van der Waals surface area contributed by atoms with Crippen LogP contribution < -0.4 is 10.6 Å². The molecule has 2 N–H and O–H groups in total. The lowest BCUT2D eigenvalue weighted by molar-refractivity contribution is -0.123. The molecule has 0 fully saturated rings. The van der Waals surface area contributed by atoms with Gasteiger partial charge in [0, 0.05) is 11.9 Å². The minimum absolute atomic E-state index is 0.134. The summed E-state index contributed by atoms with van der Waals surface area (Å²) in [4.78, 5) is 23.8. The van der Waals surface area contributed by atoms with Crippen LogP contribution in [0.4, 0.5) is 0 Å². The van der Waals surface area contributed by atoms with Gasteiger partial charge in [-0.15, -0.1) is 0 Å². The fourth-order valence-electron chi connectivity index (χ4n) is 2.53. The average molecular weight is 345 g/mol. The molecule has 0 unspecified atom stereocenters. The zero-order chi connectivity index (χ0) is 17.5. The van der Waals surface area contributed by atoms with E-state index in [0.717, 1.165) is 11.1 Å². The van der Waals surface area contributed by atoms with E-state index in [1.165, 1.54) is 6.92 Å². The summed E-state index contributed by atoms with van der Waals surface area (Å²) in [5.41, 5.74) is 1.84. The Morgan fingerprint density at radius 3 is 2.29 bits per heavy atom. The summed E-state index contributed by atoms with van der Waals surface area (Å²) >= 11 is 5.99. The van der Waals surface area contributed by atoms with Crippen molar-refractivity contribution < 1.29 is 9.59 Å². The molecule has 0 aliphatic carbocycles. The van der Waals surface area contributed by atoms with Gasteiger partial charge in [-0.05, 0) is 30.2 Å². The predicted octanol–water partition coefficient (Wildman–Crippen LogP) is 3.78. The van der Waals surface area contributed by atoms with Gasteiger partial charge < -0.3 is 10.6 Å². The van der Waals surface area contributed by atoms with Crippen LogP contribution in [0, 0.1) is 0 Å². The molecule has 24 heavy (non-hydrogen) atoms. The first-order valence-electron chi connectivity index (χ1n) is 7.82. The molecule has 0 aromatic heterocycles. The third kappa shape index (κ3) is 5.39. The summed E-state index contributed by atoms with van der Waals surface area (Å²) in [6, 6.07) is 16.3. The van der Waals surface area contributed by atoms with Gasteiger partial charge in [0.25, 0.3) is 0 Å². The number of halogens is 1. The maximum Gasteiger partial charge on any atom is 0.222 e. The Morgan fingerprint density at radius 2 is 1.67 bits per heavy atom. The lowest BCUT2D eigenvalue weighted by Gasteiger charge is -2.20. The van der Waals surface area contributed by atoms with Crippen molar-refractivity contribution in [2.45, 2.75) is 32.4 Å². The SMILES string of the molecule is CC(=O)N[C@@H](CC(=O)N[C@@H](C)c1cccc(Cl)c1)c1ccccc1. The van der Waals surface area contributed by atoms with Crippen molar-refractivity contribution >= 4 is 23.4 Å². The Morgan fingerprint density at radius 1 is 1.00 bits per heavy atom. The molecule has 2 amide bonds. The van der Waals surface area contributed by atoms with Crippen molar-refractivity contribution in [2.24, 2.45) is 0 Å². The minimum atomic E-state index is -0.352. The molecule has 5 heteroatoms. The highest BCUT2D eigenvalue weighted by atomic mass is 35.5. The number of nitrogens with one attached hydrogen (secondary N) is 2. The molecule has 0 saturated carbocycles. The first-order chi connectivity index (χ1) is 11.5. The molecule has 0 bridgehead atoms. The number of rotatable bonds is 6. The van der Waals surface area contributed by atoms with E-state index in [0.29, 0.717) is 5.02 Å². The van der Waals surface area contributed by atoms with Crippen LogP contribution in [0.2, 0.25) is 5.02 Å². The number of benzene rings is 2. The highest BCUT2D eigenvalue weighted by Crippen LogP contribution is 2.20. The molecule has 0 spiro atoms. The van der Waals surface area contributed by atoms with Gasteiger partial charge in [-0.25, -0.2) is 0 Å². The molecule has 2 atom stereocenters. The van der Waals surface area contributed by atoms with E-state index in [9.17, 15) is 9.59 Å². The summed E-state index contributed by atoms with van der Waals surface area (Å²) in [5, 5.41) is 6.41. The monoisotopic (exact) mass is 344 g/mol. The van der Waals surface area contributed by atoms with Gasteiger partial charge >= 0.3 is 0 Å². The molecular weight excluding hydrogens is 324 g/mol. The molecule has 0 heterocycles. The molecule has 4 nitrogen and oxygen atoms in total. The number of amides is 2. The maximum atomic E-state index is 12.4. The van der Waals surface area contributed by atoms with Gasteiger partial charge in [0.05, 0.1) is 18.5 Å². The molecular formula is C19H21ClN2O2. The van der Waals surface area contributed by atoms with E-state index < -0.39 is 0 Å². The van der Waals surface area contributed by atoms with E-state index >= 15 is 0 Å². The van der Waals surface area contributed by atoms with E-state index in [2.05, 4.69) is 10.6 Å². The smallest absolute Gasteiger partial charge is 0.222 e. The van der Waals surface area contributed by atoms with Gasteiger partial charge in [0.15, 0.2) is 0 Å². The summed E-state index contributed by atoms with van der Waals surface area (Å²) in [6.07, 6.45) is 0.175. The number of hydrogen-bond donors (Lipinski definition) is 2. The van der Waals surface area contributed by atoms with Gasteiger partial charge in [-0.1, -0.05) is 54.1 Å². The summed E-state index contributed by atoms with van der Waals surface area (Å²) < 4.78 is 0. The second-order valence-corrected chi connectivity index (χ2v) is 6.15. The largest absolute Gasteiger partial charge is 0.350 e. The van der Waals surface area contributed by atoms with Crippen molar-refractivity contribution in [3.8, 4) is 0 Å². The topological polar surface area (TPSA) is 58.2 Å². The maximum absolute atomic E-state index is 12.4. The Labute approximate surface area is 147 Å².